The van der Waals surface area contributed by atoms with E-state index in [2.05, 4.69) is 50.5 Å². The first-order chi connectivity index (χ1) is 24.4. The Morgan fingerprint density at radius 2 is 2.06 bits per heavy atom. The van der Waals surface area contributed by atoms with Crippen LogP contribution in [0.3, 0.4) is 0 Å². The highest BCUT2D eigenvalue weighted by molar-refractivity contribution is 7.92. The Bertz CT molecular complexity index is 1810. The normalized spacial score (nSPS) is 33.8. The molecule has 3 amide bonds. The summed E-state index contributed by atoms with van der Waals surface area (Å²) in [5.41, 5.74) is 4.78. The number of anilines is 1. The molecule has 7 rings (SSSR count). The molecule has 2 N–H and O–H groups in total. The molecule has 0 radical (unpaired) electrons. The second kappa shape index (κ2) is 14.5. The van der Waals surface area contributed by atoms with Gasteiger partial charge >= 0.3 is 6.03 Å². The van der Waals surface area contributed by atoms with E-state index in [-0.39, 0.29) is 41.1 Å². The van der Waals surface area contributed by atoms with Crippen LogP contribution >= 0.6 is 0 Å². The molecular formula is C39H50F2N4O5S. The highest BCUT2D eigenvalue weighted by Crippen LogP contribution is 2.47. The van der Waals surface area contributed by atoms with Gasteiger partial charge in [-0.25, -0.2) is 17.8 Å². The molecule has 8 atom stereocenters. The number of allylic oxidation sites excluding steroid dienone is 1. The van der Waals surface area contributed by atoms with Crippen LogP contribution in [0.4, 0.5) is 19.3 Å². The Balaban J connectivity index is 1.24. The summed E-state index contributed by atoms with van der Waals surface area (Å²) in [5.74, 6) is 0.113. The third-order valence-corrected chi connectivity index (χ3v) is 13.7. The second-order valence-corrected chi connectivity index (χ2v) is 17.6. The molecule has 5 aliphatic rings. The van der Waals surface area contributed by atoms with Crippen LogP contribution in [0.1, 0.15) is 78.9 Å². The van der Waals surface area contributed by atoms with Crippen molar-refractivity contribution >= 4 is 27.5 Å². The van der Waals surface area contributed by atoms with Crippen LogP contribution in [-0.2, 0) is 26.5 Å². The molecule has 2 heterocycles. The van der Waals surface area contributed by atoms with E-state index in [1.165, 1.54) is 16.7 Å². The Hall–Kier alpha value is -3.51. The van der Waals surface area contributed by atoms with E-state index in [1.54, 1.807) is 19.2 Å². The number of fused-ring (bicyclic) bond motifs is 4. The smallest absolute Gasteiger partial charge is 0.327 e. The summed E-state index contributed by atoms with van der Waals surface area (Å²) < 4.78 is 59.4. The maximum absolute atomic E-state index is 14.4. The van der Waals surface area contributed by atoms with E-state index >= 15 is 0 Å². The molecule has 1 spiro atoms. The van der Waals surface area contributed by atoms with Gasteiger partial charge in [-0.1, -0.05) is 42.8 Å². The fourth-order valence-electron chi connectivity index (χ4n) is 8.78. The molecule has 51 heavy (non-hydrogen) atoms. The van der Waals surface area contributed by atoms with Crippen molar-refractivity contribution in [1.29, 1.82) is 0 Å². The number of rotatable bonds is 5. The standard InChI is InChI=1S/C39H50F2N4O5S/c1-24-9-13-31-26(16-24)7-5-15-39(31)22-45-20-28-10-12-30(28)34(49-3)8-4-6-25(2)21-51(48,44-38(47)42-32-17-29(32)19-36(40)41)43-37(46)27-11-14-35(50-23-39)33(45)18-27/h4,8-9,11,13-14,16,18,25,28-30,32,34,36H,5-7,10,12,15,17,19-23H2,1-3H3,(H2,42,43,44,46,47,48)/b8-4+/t25-,28-,29+,30+,32-,34-,39-,51?/m0/s1. The fraction of sp³-hybridized carbons (Fsp3) is 0.590. The number of halogens is 2. The molecule has 9 nitrogen and oxygen atoms in total. The second-order valence-electron chi connectivity index (χ2n) is 15.6. The Labute approximate surface area is 300 Å². The topological polar surface area (TPSA) is 109 Å². The molecule has 3 aliphatic carbocycles. The lowest BCUT2D eigenvalue weighted by Gasteiger charge is -2.46. The van der Waals surface area contributed by atoms with Crippen LogP contribution in [0, 0.1) is 30.6 Å². The molecule has 2 aromatic carbocycles. The van der Waals surface area contributed by atoms with Gasteiger partial charge in [0.1, 0.15) is 15.7 Å². The van der Waals surface area contributed by atoms with Gasteiger partial charge in [0.2, 0.25) is 6.43 Å². The van der Waals surface area contributed by atoms with Crippen molar-refractivity contribution in [3.05, 3.63) is 70.8 Å². The number of carbonyl (C=O) groups excluding carboxylic acids is 2. The fourth-order valence-corrected chi connectivity index (χ4v) is 10.6. The van der Waals surface area contributed by atoms with Crippen LogP contribution in [-0.4, -0.2) is 67.3 Å². The number of aryl methyl sites for hydroxylation is 2. The van der Waals surface area contributed by atoms with Gasteiger partial charge in [-0.2, -0.15) is 0 Å². The minimum absolute atomic E-state index is 0.0626. The minimum atomic E-state index is -3.60. The molecular weight excluding hydrogens is 675 g/mol. The number of carbonyl (C=O) groups is 2. The molecule has 0 aromatic heterocycles. The van der Waals surface area contributed by atoms with Crippen LogP contribution in [0.2, 0.25) is 0 Å². The number of nitrogens with zero attached hydrogens (tertiary/aromatic N) is 2. The first-order valence-electron chi connectivity index (χ1n) is 18.4. The summed E-state index contributed by atoms with van der Waals surface area (Å²) in [6.45, 7) is 6.05. The van der Waals surface area contributed by atoms with Crippen LogP contribution < -0.4 is 19.7 Å². The summed E-state index contributed by atoms with van der Waals surface area (Å²) in [6, 6.07) is 10.8. The van der Waals surface area contributed by atoms with Gasteiger partial charge in [0.25, 0.3) is 5.91 Å². The average Bonchev–Trinajstić information content (AvgIpc) is 3.81. The number of hydrogen-bond acceptors (Lipinski definition) is 6. The largest absolute Gasteiger partial charge is 0.490 e. The first kappa shape index (κ1) is 35.9. The summed E-state index contributed by atoms with van der Waals surface area (Å²) in [6.07, 6.45) is 7.50. The van der Waals surface area contributed by atoms with Crippen LogP contribution in [0.15, 0.2) is 52.9 Å². The van der Waals surface area contributed by atoms with E-state index in [0.29, 0.717) is 37.0 Å². The number of alkyl halides is 2. The van der Waals surface area contributed by atoms with E-state index in [0.717, 1.165) is 50.9 Å². The summed E-state index contributed by atoms with van der Waals surface area (Å²) in [7, 11) is -1.85. The van der Waals surface area contributed by atoms with Gasteiger partial charge in [-0.15, -0.1) is 4.36 Å². The van der Waals surface area contributed by atoms with Crippen LogP contribution in [0.25, 0.3) is 0 Å². The SMILES string of the molecule is CO[C@H]1/C=C/C[C@H](C)CS(=O)(NC(=O)N[C@H]2C[C@@H]2CC(F)F)=NC(=O)c2ccc3c(c2)N(C[C@@H]2CC[C@H]21)C[C@@]1(CCCc2cc(C)ccc21)CO3. The minimum Gasteiger partial charge on any atom is -0.490 e. The molecule has 2 aromatic rings. The number of urea groups is 1. The number of methoxy groups -OCH3 is 1. The predicted octanol–water partition coefficient (Wildman–Crippen LogP) is 6.97. The lowest BCUT2D eigenvalue weighted by Crippen LogP contribution is -2.49. The zero-order valence-corrected chi connectivity index (χ0v) is 30.6. The van der Waals surface area contributed by atoms with Gasteiger partial charge < -0.3 is 19.7 Å². The zero-order valence-electron chi connectivity index (χ0n) is 29.7. The molecule has 2 fully saturated rings. The van der Waals surface area contributed by atoms with Crippen molar-refractivity contribution in [2.75, 3.05) is 37.5 Å². The van der Waals surface area contributed by atoms with E-state index in [9.17, 15) is 22.6 Å². The van der Waals surface area contributed by atoms with Crippen molar-refractivity contribution in [2.24, 2.45) is 28.0 Å². The lowest BCUT2D eigenvalue weighted by atomic mass is 9.68. The average molecular weight is 725 g/mol. The third kappa shape index (κ3) is 7.82. The van der Waals surface area contributed by atoms with Crippen LogP contribution in [0.5, 0.6) is 5.75 Å². The monoisotopic (exact) mass is 724 g/mol. The Kier molecular flexibility index (Phi) is 10.2. The van der Waals surface area contributed by atoms with E-state index in [1.807, 2.05) is 19.1 Å². The number of amides is 3. The van der Waals surface area contributed by atoms with Crippen molar-refractivity contribution in [1.82, 2.24) is 10.0 Å². The summed E-state index contributed by atoms with van der Waals surface area (Å²) in [5, 5.41) is 2.65. The van der Waals surface area contributed by atoms with Crippen molar-refractivity contribution < 1.29 is 32.1 Å². The molecule has 2 saturated carbocycles. The number of hydrogen-bond donors (Lipinski definition) is 2. The first-order valence-corrected chi connectivity index (χ1v) is 20.1. The van der Waals surface area contributed by atoms with Crippen molar-refractivity contribution in [3.8, 4) is 5.75 Å². The Morgan fingerprint density at radius 3 is 2.82 bits per heavy atom. The van der Waals surface area contributed by atoms with E-state index in [4.69, 9.17) is 9.47 Å². The van der Waals surface area contributed by atoms with Crippen molar-refractivity contribution in [2.45, 2.75) is 89.2 Å². The summed E-state index contributed by atoms with van der Waals surface area (Å²) in [4.78, 5) is 29.3. The number of nitrogens with one attached hydrogen (secondary N) is 2. The van der Waals surface area contributed by atoms with Gasteiger partial charge in [0.05, 0.1) is 24.2 Å². The predicted molar refractivity (Wildman–Crippen MR) is 194 cm³/mol. The van der Waals surface area contributed by atoms with Gasteiger partial charge in [0.15, 0.2) is 0 Å². The maximum Gasteiger partial charge on any atom is 0.327 e. The number of benzene rings is 2. The Morgan fingerprint density at radius 1 is 1.22 bits per heavy atom. The van der Waals surface area contributed by atoms with Gasteiger partial charge in [0, 0.05) is 43.6 Å². The highest BCUT2D eigenvalue weighted by atomic mass is 32.2. The van der Waals surface area contributed by atoms with Gasteiger partial charge in [-0.3, -0.25) is 9.52 Å². The van der Waals surface area contributed by atoms with Crippen molar-refractivity contribution in [3.63, 3.8) is 0 Å². The number of ether oxygens (including phenoxy) is 2. The molecule has 0 saturated heterocycles. The third-order valence-electron chi connectivity index (χ3n) is 11.7. The molecule has 2 aliphatic heterocycles. The van der Waals surface area contributed by atoms with Gasteiger partial charge in [-0.05, 0) is 105 Å². The van der Waals surface area contributed by atoms with E-state index < -0.39 is 34.3 Å². The molecule has 2 bridgehead atoms. The zero-order chi connectivity index (χ0) is 35.9. The maximum atomic E-state index is 14.4. The molecule has 276 valence electrons. The summed E-state index contributed by atoms with van der Waals surface area (Å²) >= 11 is 0. The highest BCUT2D eigenvalue weighted by Gasteiger charge is 2.45. The molecule has 1 unspecified atom stereocenters. The lowest BCUT2D eigenvalue weighted by molar-refractivity contribution is 0.0131. The quantitative estimate of drug-likeness (QED) is 0.323. The molecule has 12 heteroatoms.